The van der Waals surface area contributed by atoms with Crippen LogP contribution in [0.2, 0.25) is 0 Å². The van der Waals surface area contributed by atoms with Gasteiger partial charge in [0.05, 0.1) is 12.0 Å². The highest BCUT2D eigenvalue weighted by atomic mass is 15.1. The molecule has 3 nitrogen and oxygen atoms in total. The van der Waals surface area contributed by atoms with Crippen LogP contribution in [0.1, 0.15) is 52.8 Å². The largest absolute Gasteiger partial charge is 0.330 e. The molecule has 0 bridgehead atoms. The number of hydrogen-bond acceptors (Lipinski definition) is 2. The third-order valence-electron chi connectivity index (χ3n) is 2.98. The highest BCUT2D eigenvalue weighted by Gasteiger charge is 2.15. The van der Waals surface area contributed by atoms with Crippen molar-refractivity contribution in [2.45, 2.75) is 59.7 Å². The van der Waals surface area contributed by atoms with Gasteiger partial charge in [0.2, 0.25) is 0 Å². The molecule has 1 rings (SSSR count). The Morgan fingerprint density at radius 3 is 2.50 bits per heavy atom. The van der Waals surface area contributed by atoms with E-state index in [-0.39, 0.29) is 0 Å². The first-order valence-electron chi connectivity index (χ1n) is 6.30. The van der Waals surface area contributed by atoms with Crippen LogP contribution in [-0.2, 0) is 6.54 Å². The summed E-state index contributed by atoms with van der Waals surface area (Å²) in [6, 6.07) is 1.08. The number of nitrogens with one attached hydrogen (secondary N) is 1. The fraction of sp³-hybridized carbons (Fsp3) is 0.769. The van der Waals surface area contributed by atoms with E-state index in [9.17, 15) is 0 Å². The predicted molar refractivity (Wildman–Crippen MR) is 68.4 cm³/mol. The van der Waals surface area contributed by atoms with E-state index in [2.05, 4.69) is 49.5 Å². The molecular formula is C13H25N3. The molecule has 0 aliphatic heterocycles. The second kappa shape index (κ2) is 6.04. The molecule has 0 aromatic carbocycles. The molecule has 0 fully saturated rings. The average molecular weight is 223 g/mol. The molecule has 3 heteroatoms. The lowest BCUT2D eigenvalue weighted by Gasteiger charge is -2.23. The van der Waals surface area contributed by atoms with Gasteiger partial charge in [-0.05, 0) is 12.3 Å². The van der Waals surface area contributed by atoms with Crippen molar-refractivity contribution in [3.63, 3.8) is 0 Å². The summed E-state index contributed by atoms with van der Waals surface area (Å²) in [7, 11) is 0. The van der Waals surface area contributed by atoms with Crippen molar-refractivity contribution in [3.05, 3.63) is 18.2 Å². The molecule has 0 spiro atoms. The molecule has 0 amide bonds. The van der Waals surface area contributed by atoms with Crippen LogP contribution in [0.4, 0.5) is 0 Å². The van der Waals surface area contributed by atoms with Crippen LogP contribution in [0.3, 0.4) is 0 Å². The maximum absolute atomic E-state index is 4.27. The van der Waals surface area contributed by atoms with Crippen LogP contribution in [0.25, 0.3) is 0 Å². The SMILES string of the molecule is CCC(C(C)C)n1cncc1CNC(C)C. The first-order chi connectivity index (χ1) is 7.56. The molecule has 1 aromatic rings. The summed E-state index contributed by atoms with van der Waals surface area (Å²) in [6.07, 6.45) is 5.09. The van der Waals surface area contributed by atoms with Gasteiger partial charge >= 0.3 is 0 Å². The van der Waals surface area contributed by atoms with Crippen molar-refractivity contribution < 1.29 is 0 Å². The van der Waals surface area contributed by atoms with E-state index in [1.165, 1.54) is 5.69 Å². The minimum atomic E-state index is 0.516. The standard InChI is InChI=1S/C13H25N3/c1-6-13(10(2)3)16-9-14-7-12(16)8-15-11(4)5/h7,9-11,13,15H,6,8H2,1-5H3. The molecule has 1 N–H and O–H groups in total. The van der Waals surface area contributed by atoms with Gasteiger partial charge in [-0.15, -0.1) is 0 Å². The summed E-state index contributed by atoms with van der Waals surface area (Å²) in [6.45, 7) is 12.0. The quantitative estimate of drug-likeness (QED) is 0.803. The fourth-order valence-electron chi connectivity index (χ4n) is 2.07. The monoisotopic (exact) mass is 223 g/mol. The van der Waals surface area contributed by atoms with Crippen molar-refractivity contribution in [1.82, 2.24) is 14.9 Å². The van der Waals surface area contributed by atoms with Crippen LogP contribution in [-0.4, -0.2) is 15.6 Å². The van der Waals surface area contributed by atoms with Crippen molar-refractivity contribution in [3.8, 4) is 0 Å². The molecule has 1 aromatic heterocycles. The minimum Gasteiger partial charge on any atom is -0.330 e. The summed E-state index contributed by atoms with van der Waals surface area (Å²) >= 11 is 0. The summed E-state index contributed by atoms with van der Waals surface area (Å²) in [4.78, 5) is 4.27. The molecular weight excluding hydrogens is 198 g/mol. The van der Waals surface area contributed by atoms with E-state index in [4.69, 9.17) is 0 Å². The molecule has 92 valence electrons. The Hall–Kier alpha value is -0.830. The number of aromatic nitrogens is 2. The fourth-order valence-corrected chi connectivity index (χ4v) is 2.07. The zero-order chi connectivity index (χ0) is 12.1. The summed E-state index contributed by atoms with van der Waals surface area (Å²) in [5.41, 5.74) is 1.29. The summed E-state index contributed by atoms with van der Waals surface area (Å²) < 4.78 is 2.32. The summed E-state index contributed by atoms with van der Waals surface area (Å²) in [5, 5.41) is 3.45. The molecule has 0 saturated heterocycles. The smallest absolute Gasteiger partial charge is 0.0951 e. The third kappa shape index (κ3) is 3.34. The average Bonchev–Trinajstić information content (AvgIpc) is 2.63. The van der Waals surface area contributed by atoms with E-state index in [1.807, 2.05) is 12.5 Å². The van der Waals surface area contributed by atoms with E-state index < -0.39 is 0 Å². The van der Waals surface area contributed by atoms with Crippen LogP contribution in [0.5, 0.6) is 0 Å². The maximum Gasteiger partial charge on any atom is 0.0951 e. The molecule has 0 aliphatic rings. The third-order valence-corrected chi connectivity index (χ3v) is 2.98. The van der Waals surface area contributed by atoms with Gasteiger partial charge < -0.3 is 9.88 Å². The van der Waals surface area contributed by atoms with Crippen molar-refractivity contribution in [2.75, 3.05) is 0 Å². The molecule has 0 aliphatic carbocycles. The topological polar surface area (TPSA) is 29.9 Å². The van der Waals surface area contributed by atoms with Crippen molar-refractivity contribution in [2.24, 2.45) is 5.92 Å². The van der Waals surface area contributed by atoms with Gasteiger partial charge in [0.1, 0.15) is 0 Å². The van der Waals surface area contributed by atoms with Crippen molar-refractivity contribution in [1.29, 1.82) is 0 Å². The van der Waals surface area contributed by atoms with E-state index in [0.717, 1.165) is 13.0 Å². The molecule has 0 radical (unpaired) electrons. The Bertz CT molecular complexity index is 302. The molecule has 1 unspecified atom stereocenters. The van der Waals surface area contributed by atoms with E-state index in [1.54, 1.807) is 0 Å². The minimum absolute atomic E-state index is 0.516. The normalized spacial score (nSPS) is 13.7. The first-order valence-corrected chi connectivity index (χ1v) is 6.30. The molecule has 0 saturated carbocycles. The van der Waals surface area contributed by atoms with Crippen molar-refractivity contribution >= 4 is 0 Å². The van der Waals surface area contributed by atoms with Crippen LogP contribution in [0.15, 0.2) is 12.5 Å². The highest BCUT2D eigenvalue weighted by molar-refractivity contribution is 5.00. The Balaban J connectivity index is 2.76. The Morgan fingerprint density at radius 2 is 2.00 bits per heavy atom. The van der Waals surface area contributed by atoms with Gasteiger partial charge in [-0.25, -0.2) is 4.98 Å². The lowest BCUT2D eigenvalue weighted by atomic mass is 10.0. The van der Waals surface area contributed by atoms with Crippen LogP contribution in [0, 0.1) is 5.92 Å². The highest BCUT2D eigenvalue weighted by Crippen LogP contribution is 2.22. The maximum atomic E-state index is 4.27. The Labute approximate surface area is 99.3 Å². The second-order valence-electron chi connectivity index (χ2n) is 5.05. The lowest BCUT2D eigenvalue weighted by Crippen LogP contribution is -2.25. The van der Waals surface area contributed by atoms with Gasteiger partial charge in [-0.1, -0.05) is 34.6 Å². The van der Waals surface area contributed by atoms with Gasteiger partial charge in [0.25, 0.3) is 0 Å². The molecule has 16 heavy (non-hydrogen) atoms. The van der Waals surface area contributed by atoms with Crippen LogP contribution < -0.4 is 5.32 Å². The Kier molecular flexibility index (Phi) is 5.00. The zero-order valence-corrected chi connectivity index (χ0v) is 11.2. The zero-order valence-electron chi connectivity index (χ0n) is 11.2. The number of nitrogens with zero attached hydrogens (tertiary/aromatic N) is 2. The van der Waals surface area contributed by atoms with Crippen LogP contribution >= 0.6 is 0 Å². The van der Waals surface area contributed by atoms with E-state index >= 15 is 0 Å². The van der Waals surface area contributed by atoms with Gasteiger partial charge in [0.15, 0.2) is 0 Å². The second-order valence-corrected chi connectivity index (χ2v) is 5.05. The molecule has 1 heterocycles. The van der Waals surface area contributed by atoms with Gasteiger partial charge in [0, 0.05) is 24.8 Å². The Morgan fingerprint density at radius 1 is 1.31 bits per heavy atom. The van der Waals surface area contributed by atoms with E-state index in [0.29, 0.717) is 18.0 Å². The van der Waals surface area contributed by atoms with Gasteiger partial charge in [-0.3, -0.25) is 0 Å². The predicted octanol–water partition coefficient (Wildman–Crippen LogP) is 2.99. The first kappa shape index (κ1) is 13.2. The summed E-state index contributed by atoms with van der Waals surface area (Å²) in [5.74, 6) is 0.650. The molecule has 1 atom stereocenters. The lowest BCUT2D eigenvalue weighted by molar-refractivity contribution is 0.353. The van der Waals surface area contributed by atoms with Gasteiger partial charge in [-0.2, -0.15) is 0 Å². The number of rotatable bonds is 6. The number of hydrogen-bond donors (Lipinski definition) is 1. The number of imidazole rings is 1.